The normalized spacial score (nSPS) is 20.7. The molecule has 2 atom stereocenters. The monoisotopic (exact) mass is 873 g/mol. The molecule has 4 fully saturated rings. The molecular weight excluding hydrogens is 789 g/mol. The molecule has 4 aliphatic rings. The van der Waals surface area contributed by atoms with Gasteiger partial charge in [0.25, 0.3) is 5.91 Å². The highest BCUT2D eigenvalue weighted by Crippen LogP contribution is 2.33. The van der Waals surface area contributed by atoms with Crippen molar-refractivity contribution in [3.05, 3.63) is 107 Å². The summed E-state index contributed by atoms with van der Waals surface area (Å²) in [4.78, 5) is 21.7. The van der Waals surface area contributed by atoms with Gasteiger partial charge in [-0.2, -0.15) is 0 Å². The molecule has 0 bridgehead atoms. The Morgan fingerprint density at radius 3 is 1.72 bits per heavy atom. The van der Waals surface area contributed by atoms with Crippen molar-refractivity contribution in [1.29, 1.82) is 0 Å². The summed E-state index contributed by atoms with van der Waals surface area (Å²) in [6.07, 6.45) is 23.8. The summed E-state index contributed by atoms with van der Waals surface area (Å²) in [5, 5.41) is 3.70. The first kappa shape index (κ1) is 49.5. The van der Waals surface area contributed by atoms with Gasteiger partial charge >= 0.3 is 0 Å². The third kappa shape index (κ3) is 16.5. The van der Waals surface area contributed by atoms with Crippen LogP contribution in [0.3, 0.4) is 0 Å². The Kier molecular flexibility index (Phi) is 20.3. The van der Waals surface area contributed by atoms with E-state index in [9.17, 15) is 4.79 Å². The first-order valence-corrected chi connectivity index (χ1v) is 25.5. The molecule has 1 amide bonds. The number of amides is 1. The zero-order valence-electron chi connectivity index (χ0n) is 40.7. The number of carbonyl (C=O) groups is 1. The third-order valence-corrected chi connectivity index (χ3v) is 13.7. The standard InChI is InChI=1S/C35H50N2O3.C22H34N2/c1-26(2)39-33-19-18-31(22-34(33)40-27(3)4)35(38)37(23-28(5)21-29-13-8-6-9-14-29)25-32-17-12-20-36(32)24-30-15-10-7-11-16-30;1-19(15-20-9-4-2-5-10-20)16-23-17-22-13-8-14-24(22)18-21-11-6-3-7-12-21/h6,8-9,13-14,18-19,21-22,26-27,30,32H,7,10-12,15-17,20,23-25H2,1-5H3;2,4-5,9-10,15,21-23H,3,6-8,11-14,16-18H2,1H3/b28-21+;19-15+/t32-;22-/m00/s1. The minimum absolute atomic E-state index is 0.0150. The predicted molar refractivity (Wildman–Crippen MR) is 269 cm³/mol. The van der Waals surface area contributed by atoms with Crippen LogP contribution in [0.1, 0.15) is 153 Å². The molecule has 350 valence electrons. The Bertz CT molecular complexity index is 1860. The van der Waals surface area contributed by atoms with E-state index < -0.39 is 0 Å². The maximum absolute atomic E-state index is 14.2. The Hall–Kier alpha value is -3.91. The van der Waals surface area contributed by atoms with Gasteiger partial charge in [-0.1, -0.05) is 122 Å². The SMILES string of the molecule is C/C(=C\c1ccccc1)CN(C[C@@H]1CCCN1CC1CCCCC1)C(=O)c1ccc(OC(C)C)c(OC(C)C)c1.C/C(=C\c1ccccc1)CNC[C@@H]1CCCN1CC1CCCCC1. The van der Waals surface area contributed by atoms with Crippen molar-refractivity contribution < 1.29 is 14.3 Å². The lowest BCUT2D eigenvalue weighted by molar-refractivity contribution is 0.0709. The van der Waals surface area contributed by atoms with Gasteiger partial charge in [0.2, 0.25) is 0 Å². The fourth-order valence-electron chi connectivity index (χ4n) is 10.6. The van der Waals surface area contributed by atoms with Crippen molar-refractivity contribution in [3.63, 3.8) is 0 Å². The second-order valence-corrected chi connectivity index (χ2v) is 20.2. The summed E-state index contributed by atoms with van der Waals surface area (Å²) >= 11 is 0. The second kappa shape index (κ2) is 26.3. The van der Waals surface area contributed by atoms with Gasteiger partial charge in [-0.3, -0.25) is 14.6 Å². The lowest BCUT2D eigenvalue weighted by Crippen LogP contribution is -2.45. The van der Waals surface area contributed by atoms with E-state index in [2.05, 4.69) is 101 Å². The van der Waals surface area contributed by atoms with Crippen molar-refractivity contribution in [2.45, 2.75) is 156 Å². The van der Waals surface area contributed by atoms with Crippen LogP contribution >= 0.6 is 0 Å². The maximum Gasteiger partial charge on any atom is 0.254 e. The number of hydrogen-bond acceptors (Lipinski definition) is 6. The summed E-state index contributed by atoms with van der Waals surface area (Å²) in [5.41, 5.74) is 5.70. The molecule has 2 heterocycles. The largest absolute Gasteiger partial charge is 0.487 e. The van der Waals surface area contributed by atoms with Gasteiger partial charge < -0.3 is 19.7 Å². The number of nitrogens with zero attached hydrogens (tertiary/aromatic N) is 3. The van der Waals surface area contributed by atoms with Crippen molar-refractivity contribution in [3.8, 4) is 11.5 Å². The summed E-state index contributed by atoms with van der Waals surface area (Å²) in [6, 6.07) is 27.8. The first-order chi connectivity index (χ1) is 31.1. The van der Waals surface area contributed by atoms with Crippen LogP contribution in [0.2, 0.25) is 0 Å². The molecule has 2 aliphatic carbocycles. The second-order valence-electron chi connectivity index (χ2n) is 20.2. The number of benzene rings is 3. The summed E-state index contributed by atoms with van der Waals surface area (Å²) < 4.78 is 12.1. The highest BCUT2D eigenvalue weighted by Gasteiger charge is 2.31. The number of ether oxygens (including phenoxy) is 2. The number of carbonyl (C=O) groups excluding carboxylic acids is 1. The maximum atomic E-state index is 14.2. The molecule has 7 rings (SSSR count). The predicted octanol–water partition coefficient (Wildman–Crippen LogP) is 12.6. The molecule has 2 aliphatic heterocycles. The van der Waals surface area contributed by atoms with Gasteiger partial charge in [0.15, 0.2) is 11.5 Å². The van der Waals surface area contributed by atoms with Crippen LogP contribution in [0.4, 0.5) is 0 Å². The fourth-order valence-corrected chi connectivity index (χ4v) is 10.6. The molecule has 3 aromatic carbocycles. The fraction of sp³-hybridized carbons (Fsp3) is 0.596. The van der Waals surface area contributed by atoms with Crippen molar-refractivity contribution in [2.24, 2.45) is 11.8 Å². The Morgan fingerprint density at radius 1 is 0.641 bits per heavy atom. The van der Waals surface area contributed by atoms with Crippen LogP contribution < -0.4 is 14.8 Å². The van der Waals surface area contributed by atoms with E-state index >= 15 is 0 Å². The van der Waals surface area contributed by atoms with Crippen LogP contribution in [0.15, 0.2) is 90.0 Å². The average molecular weight is 873 g/mol. The van der Waals surface area contributed by atoms with Gasteiger partial charge in [-0.05, 0) is 147 Å². The van der Waals surface area contributed by atoms with Gasteiger partial charge in [0.1, 0.15) is 0 Å². The van der Waals surface area contributed by atoms with E-state index in [0.29, 0.717) is 29.6 Å². The molecule has 0 aromatic heterocycles. The topological polar surface area (TPSA) is 57.3 Å². The smallest absolute Gasteiger partial charge is 0.254 e. The lowest BCUT2D eigenvalue weighted by atomic mass is 9.89. The molecule has 3 aromatic rings. The Labute approximate surface area is 389 Å². The minimum Gasteiger partial charge on any atom is -0.487 e. The molecule has 7 heteroatoms. The zero-order valence-corrected chi connectivity index (χ0v) is 40.7. The molecule has 0 radical (unpaired) electrons. The van der Waals surface area contributed by atoms with Crippen LogP contribution in [0, 0.1) is 11.8 Å². The van der Waals surface area contributed by atoms with Crippen molar-refractivity contribution in [2.75, 3.05) is 52.4 Å². The van der Waals surface area contributed by atoms with Crippen LogP contribution in [-0.4, -0.2) is 97.3 Å². The van der Waals surface area contributed by atoms with Crippen molar-refractivity contribution in [1.82, 2.24) is 20.0 Å². The van der Waals surface area contributed by atoms with E-state index in [-0.39, 0.29) is 18.1 Å². The van der Waals surface area contributed by atoms with Crippen LogP contribution in [-0.2, 0) is 0 Å². The summed E-state index contributed by atoms with van der Waals surface area (Å²) in [6.45, 7) is 20.9. The summed E-state index contributed by atoms with van der Waals surface area (Å²) in [7, 11) is 0. The van der Waals surface area contributed by atoms with E-state index in [1.54, 1.807) is 0 Å². The Morgan fingerprint density at radius 2 is 1.16 bits per heavy atom. The van der Waals surface area contributed by atoms with Gasteiger partial charge in [-0.15, -0.1) is 0 Å². The van der Waals surface area contributed by atoms with Crippen LogP contribution in [0.5, 0.6) is 11.5 Å². The van der Waals surface area contributed by atoms with E-state index in [1.807, 2.05) is 52.0 Å². The quantitative estimate of drug-likeness (QED) is 0.129. The highest BCUT2D eigenvalue weighted by atomic mass is 16.5. The van der Waals surface area contributed by atoms with E-state index in [4.69, 9.17) is 9.47 Å². The molecule has 2 saturated heterocycles. The number of hydrogen-bond donors (Lipinski definition) is 1. The molecule has 2 saturated carbocycles. The van der Waals surface area contributed by atoms with Crippen LogP contribution in [0.25, 0.3) is 12.2 Å². The van der Waals surface area contributed by atoms with Gasteiger partial charge in [-0.25, -0.2) is 0 Å². The molecule has 7 nitrogen and oxygen atoms in total. The Balaban J connectivity index is 0.000000241. The van der Waals surface area contributed by atoms with E-state index in [1.165, 1.54) is 120 Å². The van der Waals surface area contributed by atoms with E-state index in [0.717, 1.165) is 56.0 Å². The third-order valence-electron chi connectivity index (χ3n) is 13.7. The number of rotatable bonds is 19. The highest BCUT2D eigenvalue weighted by molar-refractivity contribution is 5.95. The van der Waals surface area contributed by atoms with Gasteiger partial charge in [0.05, 0.1) is 12.2 Å². The lowest BCUT2D eigenvalue weighted by Gasteiger charge is -2.34. The molecular formula is C57H84N4O3. The molecule has 0 unspecified atom stereocenters. The minimum atomic E-state index is -0.0150. The van der Waals surface area contributed by atoms with Crippen molar-refractivity contribution >= 4 is 18.1 Å². The number of likely N-dealkylation sites (tertiary alicyclic amines) is 2. The molecule has 1 N–H and O–H groups in total. The molecule has 0 spiro atoms. The number of nitrogens with one attached hydrogen (secondary N) is 1. The average Bonchev–Trinajstić information content (AvgIpc) is 3.93. The first-order valence-electron chi connectivity index (χ1n) is 25.5. The summed E-state index contributed by atoms with van der Waals surface area (Å²) in [5.74, 6) is 3.14. The molecule has 64 heavy (non-hydrogen) atoms. The van der Waals surface area contributed by atoms with Gasteiger partial charge in [0, 0.05) is 56.9 Å². The zero-order chi connectivity index (χ0) is 45.1.